The van der Waals surface area contributed by atoms with Crippen LogP contribution >= 0.6 is 0 Å². The van der Waals surface area contributed by atoms with Crippen molar-refractivity contribution in [1.29, 1.82) is 0 Å². The molecule has 140 valence electrons. The molecular formula is C19H10F3N3O3. The fraction of sp³-hybridized carbons (Fsp3) is 0.105. The Bertz CT molecular complexity index is 1080. The van der Waals surface area contributed by atoms with E-state index in [4.69, 9.17) is 0 Å². The first-order chi connectivity index (χ1) is 13.2. The van der Waals surface area contributed by atoms with Gasteiger partial charge in [0.2, 0.25) is 5.54 Å². The van der Waals surface area contributed by atoms with Crippen molar-refractivity contribution >= 4 is 17.4 Å². The molecule has 3 rings (SSSR count). The Labute approximate surface area is 156 Å². The van der Waals surface area contributed by atoms with Gasteiger partial charge in [0.25, 0.3) is 5.69 Å². The highest BCUT2D eigenvalue weighted by atomic mass is 19.4. The summed E-state index contributed by atoms with van der Waals surface area (Å²) in [5, 5.41) is 14.9. The standard InChI is InChI=1S/C19H10F3N3O3/c20-19(21,22)18(11-5-4-8-13-6-2-1-3-7-13)15-12-14(25(27)28)9-10-16(15)23-17(26)24-18/h1-3,6-7,9-10,12H,(H2,23,24,26)/t18-/m0/s1. The number of hydrogen-bond donors (Lipinski definition) is 2. The van der Waals surface area contributed by atoms with Crippen molar-refractivity contribution in [3.63, 3.8) is 0 Å². The number of hydrogen-bond acceptors (Lipinski definition) is 3. The van der Waals surface area contributed by atoms with Gasteiger partial charge in [-0.05, 0) is 36.0 Å². The predicted octanol–water partition coefficient (Wildman–Crippen LogP) is 3.54. The molecule has 2 N–H and O–H groups in total. The first-order valence-corrected chi connectivity index (χ1v) is 7.76. The van der Waals surface area contributed by atoms with Gasteiger partial charge >= 0.3 is 12.2 Å². The summed E-state index contributed by atoms with van der Waals surface area (Å²) in [7, 11) is 0. The minimum absolute atomic E-state index is 0.225. The lowest BCUT2D eigenvalue weighted by molar-refractivity contribution is -0.385. The molecule has 0 fully saturated rings. The molecule has 2 aromatic carbocycles. The van der Waals surface area contributed by atoms with Crippen LogP contribution in [-0.2, 0) is 5.54 Å². The van der Waals surface area contributed by atoms with Crippen LogP contribution in [0.2, 0.25) is 0 Å². The molecule has 2 amide bonds. The normalized spacial score (nSPS) is 17.6. The first kappa shape index (κ1) is 18.8. The maximum Gasteiger partial charge on any atom is 0.427 e. The number of carbonyl (C=O) groups is 1. The summed E-state index contributed by atoms with van der Waals surface area (Å²) < 4.78 is 41.9. The average molecular weight is 385 g/mol. The summed E-state index contributed by atoms with van der Waals surface area (Å²) in [4.78, 5) is 22.0. The lowest BCUT2D eigenvalue weighted by Crippen LogP contribution is -2.59. The Hall–Kier alpha value is -3.98. The quantitative estimate of drug-likeness (QED) is 0.447. The summed E-state index contributed by atoms with van der Waals surface area (Å²) in [5.41, 5.74) is -3.97. The fourth-order valence-corrected chi connectivity index (χ4v) is 2.60. The minimum atomic E-state index is -5.06. The maximum atomic E-state index is 14.0. The number of alkyl halides is 3. The summed E-state index contributed by atoms with van der Waals surface area (Å²) in [6.07, 6.45) is -5.06. The number of nitro groups is 1. The minimum Gasteiger partial charge on any atom is -0.310 e. The van der Waals surface area contributed by atoms with Crippen molar-refractivity contribution in [2.24, 2.45) is 0 Å². The zero-order valence-electron chi connectivity index (χ0n) is 13.9. The summed E-state index contributed by atoms with van der Waals surface area (Å²) >= 11 is 0. The fourth-order valence-electron chi connectivity index (χ4n) is 2.60. The van der Waals surface area contributed by atoms with E-state index in [1.54, 1.807) is 35.6 Å². The lowest BCUT2D eigenvalue weighted by atomic mass is 9.86. The number of fused-ring (bicyclic) bond motifs is 1. The van der Waals surface area contributed by atoms with Gasteiger partial charge in [-0.25, -0.2) is 4.79 Å². The van der Waals surface area contributed by atoms with Gasteiger partial charge in [0.15, 0.2) is 0 Å². The molecule has 0 unspecified atom stereocenters. The van der Waals surface area contributed by atoms with E-state index in [0.29, 0.717) is 5.56 Å². The molecule has 9 heteroatoms. The van der Waals surface area contributed by atoms with Crippen LogP contribution in [0.4, 0.5) is 29.3 Å². The van der Waals surface area contributed by atoms with Gasteiger partial charge in [-0.2, -0.15) is 13.2 Å². The van der Waals surface area contributed by atoms with E-state index in [-0.39, 0.29) is 5.69 Å². The van der Waals surface area contributed by atoms with Crippen molar-refractivity contribution < 1.29 is 22.9 Å². The number of benzene rings is 2. The Morgan fingerprint density at radius 1 is 1.07 bits per heavy atom. The number of nitro benzene ring substituents is 1. The Morgan fingerprint density at radius 3 is 2.43 bits per heavy atom. The van der Waals surface area contributed by atoms with E-state index in [2.05, 4.69) is 23.1 Å². The van der Waals surface area contributed by atoms with Crippen molar-refractivity contribution in [2.75, 3.05) is 5.32 Å². The zero-order chi connectivity index (χ0) is 20.4. The summed E-state index contributed by atoms with van der Waals surface area (Å²) in [5.74, 6) is 8.97. The monoisotopic (exact) mass is 385 g/mol. The number of amides is 2. The van der Waals surface area contributed by atoms with Crippen LogP contribution in [-0.4, -0.2) is 17.1 Å². The molecular weight excluding hydrogens is 375 g/mol. The van der Waals surface area contributed by atoms with E-state index in [9.17, 15) is 28.1 Å². The number of nitrogens with zero attached hydrogens (tertiary/aromatic N) is 1. The molecule has 0 spiro atoms. The molecule has 1 atom stereocenters. The van der Waals surface area contributed by atoms with Crippen molar-refractivity contribution in [3.8, 4) is 23.7 Å². The lowest BCUT2D eigenvalue weighted by Gasteiger charge is -2.36. The van der Waals surface area contributed by atoms with Crippen LogP contribution in [0.3, 0.4) is 0 Å². The van der Waals surface area contributed by atoms with Crippen LogP contribution in [0.5, 0.6) is 0 Å². The highest BCUT2D eigenvalue weighted by molar-refractivity contribution is 5.95. The first-order valence-electron chi connectivity index (χ1n) is 7.76. The van der Waals surface area contributed by atoms with Crippen molar-refractivity contribution in [3.05, 3.63) is 69.8 Å². The Morgan fingerprint density at radius 2 is 1.79 bits per heavy atom. The molecule has 0 saturated carbocycles. The third kappa shape index (κ3) is 3.46. The van der Waals surface area contributed by atoms with Gasteiger partial charge in [-0.1, -0.05) is 24.1 Å². The van der Waals surface area contributed by atoms with Crippen molar-refractivity contribution in [1.82, 2.24) is 5.32 Å². The third-order valence-electron chi connectivity index (χ3n) is 3.89. The molecule has 1 heterocycles. The SMILES string of the molecule is O=C1Nc2ccc([N+](=O)[O-])cc2[C@@](C#CC#Cc2ccccc2)(C(F)(F)F)N1. The highest BCUT2D eigenvalue weighted by Gasteiger charge is 2.59. The molecule has 0 aliphatic carbocycles. The predicted molar refractivity (Wildman–Crippen MR) is 94.1 cm³/mol. The van der Waals surface area contributed by atoms with Gasteiger partial charge in [0, 0.05) is 28.9 Å². The smallest absolute Gasteiger partial charge is 0.310 e. The number of rotatable bonds is 1. The average Bonchev–Trinajstić information content (AvgIpc) is 2.64. The van der Waals surface area contributed by atoms with E-state index in [1.807, 2.05) is 5.92 Å². The number of carbonyl (C=O) groups excluding carboxylic acids is 1. The van der Waals surface area contributed by atoms with E-state index in [0.717, 1.165) is 18.2 Å². The van der Waals surface area contributed by atoms with Gasteiger partial charge in [-0.3, -0.25) is 10.1 Å². The molecule has 0 saturated heterocycles. The second-order valence-corrected chi connectivity index (χ2v) is 5.68. The van der Waals surface area contributed by atoms with E-state index >= 15 is 0 Å². The van der Waals surface area contributed by atoms with Crippen LogP contribution in [0.1, 0.15) is 11.1 Å². The van der Waals surface area contributed by atoms with Crippen LogP contribution in [0.25, 0.3) is 0 Å². The molecule has 2 aromatic rings. The van der Waals surface area contributed by atoms with Crippen LogP contribution in [0.15, 0.2) is 48.5 Å². The number of urea groups is 1. The zero-order valence-corrected chi connectivity index (χ0v) is 13.9. The van der Waals surface area contributed by atoms with Gasteiger partial charge in [0.05, 0.1) is 4.92 Å². The molecule has 0 aromatic heterocycles. The second-order valence-electron chi connectivity index (χ2n) is 5.68. The molecule has 0 radical (unpaired) electrons. The number of halogens is 3. The van der Waals surface area contributed by atoms with Gasteiger partial charge in [-0.15, -0.1) is 0 Å². The number of non-ortho nitro benzene ring substituents is 1. The number of nitrogens with one attached hydrogen (secondary N) is 2. The maximum absolute atomic E-state index is 14.0. The topological polar surface area (TPSA) is 84.3 Å². The summed E-state index contributed by atoms with van der Waals surface area (Å²) in [6.45, 7) is 0. The van der Waals surface area contributed by atoms with Gasteiger partial charge < -0.3 is 10.6 Å². The number of anilines is 1. The van der Waals surface area contributed by atoms with E-state index in [1.165, 1.54) is 0 Å². The highest BCUT2D eigenvalue weighted by Crippen LogP contribution is 2.44. The molecule has 1 aliphatic rings. The van der Waals surface area contributed by atoms with Crippen LogP contribution in [0, 0.1) is 33.8 Å². The molecule has 28 heavy (non-hydrogen) atoms. The second kappa shape index (κ2) is 6.97. The largest absolute Gasteiger partial charge is 0.427 e. The van der Waals surface area contributed by atoms with Crippen molar-refractivity contribution in [2.45, 2.75) is 11.7 Å². The molecule has 1 aliphatic heterocycles. The molecule has 6 nitrogen and oxygen atoms in total. The Kier molecular flexibility index (Phi) is 4.68. The third-order valence-corrected chi connectivity index (χ3v) is 3.89. The van der Waals surface area contributed by atoms with Gasteiger partial charge in [0.1, 0.15) is 0 Å². The summed E-state index contributed by atoms with van der Waals surface area (Å²) in [6, 6.07) is 10.1. The van der Waals surface area contributed by atoms with E-state index < -0.39 is 33.9 Å². The Balaban J connectivity index is 2.15. The van der Waals surface area contributed by atoms with Crippen LogP contribution < -0.4 is 10.6 Å². The molecule has 0 bridgehead atoms.